The SMILES string of the molecule is O[C@@]1(CN(CCc2ccccc2)Cc2ccccc2)CCNC1. The zero-order chi connectivity index (χ0) is 16.0. The van der Waals surface area contributed by atoms with E-state index < -0.39 is 5.60 Å². The normalized spacial score (nSPS) is 21.0. The van der Waals surface area contributed by atoms with Crippen molar-refractivity contribution < 1.29 is 5.11 Å². The van der Waals surface area contributed by atoms with Gasteiger partial charge in [0.2, 0.25) is 0 Å². The van der Waals surface area contributed by atoms with Gasteiger partial charge in [0, 0.05) is 26.2 Å². The van der Waals surface area contributed by atoms with E-state index in [2.05, 4.69) is 64.8 Å². The lowest BCUT2D eigenvalue weighted by atomic mass is 10.0. The zero-order valence-electron chi connectivity index (χ0n) is 13.6. The van der Waals surface area contributed by atoms with Crippen molar-refractivity contribution >= 4 is 0 Å². The van der Waals surface area contributed by atoms with E-state index in [4.69, 9.17) is 0 Å². The van der Waals surface area contributed by atoms with Crippen LogP contribution in [0, 0.1) is 0 Å². The Morgan fingerprint density at radius 2 is 1.61 bits per heavy atom. The molecule has 0 amide bonds. The second-order valence-corrected chi connectivity index (χ2v) is 6.58. The maximum Gasteiger partial charge on any atom is 0.0909 e. The molecule has 1 aliphatic heterocycles. The highest BCUT2D eigenvalue weighted by atomic mass is 16.3. The number of aliphatic hydroxyl groups is 1. The van der Waals surface area contributed by atoms with Crippen molar-refractivity contribution in [1.82, 2.24) is 10.2 Å². The van der Waals surface area contributed by atoms with Crippen molar-refractivity contribution in [3.8, 4) is 0 Å². The van der Waals surface area contributed by atoms with Gasteiger partial charge in [-0.3, -0.25) is 4.90 Å². The van der Waals surface area contributed by atoms with Crippen molar-refractivity contribution in [3.05, 3.63) is 71.8 Å². The summed E-state index contributed by atoms with van der Waals surface area (Å²) in [6.45, 7) is 4.18. The predicted octanol–water partition coefficient (Wildman–Crippen LogP) is 2.46. The first-order valence-corrected chi connectivity index (χ1v) is 8.47. The van der Waals surface area contributed by atoms with Crippen LogP contribution >= 0.6 is 0 Å². The van der Waals surface area contributed by atoms with E-state index in [-0.39, 0.29) is 0 Å². The highest BCUT2D eigenvalue weighted by molar-refractivity contribution is 5.16. The summed E-state index contributed by atoms with van der Waals surface area (Å²) in [4.78, 5) is 2.38. The van der Waals surface area contributed by atoms with Crippen LogP contribution in [0.3, 0.4) is 0 Å². The molecule has 1 saturated heterocycles. The third kappa shape index (κ3) is 4.90. The number of hydrogen-bond donors (Lipinski definition) is 2. The van der Waals surface area contributed by atoms with Gasteiger partial charge < -0.3 is 10.4 Å². The number of rotatable bonds is 7. The molecule has 0 aromatic heterocycles. The standard InChI is InChI=1S/C20H26N2O/c23-20(12-13-21-16-20)17-22(15-19-9-5-2-6-10-19)14-11-18-7-3-1-4-8-18/h1-10,21,23H,11-17H2/t20-/m0/s1. The average Bonchev–Trinajstić information content (AvgIpc) is 3.01. The highest BCUT2D eigenvalue weighted by Crippen LogP contribution is 2.18. The number of β-amino-alcohol motifs (C(OH)–C–C–N with tert-alkyl or cyclic N) is 1. The van der Waals surface area contributed by atoms with Crippen LogP contribution < -0.4 is 5.32 Å². The monoisotopic (exact) mass is 310 g/mol. The van der Waals surface area contributed by atoms with Crippen molar-refractivity contribution in [2.75, 3.05) is 26.2 Å². The second-order valence-electron chi connectivity index (χ2n) is 6.58. The molecule has 0 spiro atoms. The van der Waals surface area contributed by atoms with Gasteiger partial charge in [0.25, 0.3) is 0 Å². The molecule has 3 nitrogen and oxygen atoms in total. The van der Waals surface area contributed by atoms with E-state index >= 15 is 0 Å². The van der Waals surface area contributed by atoms with Crippen LogP contribution in [-0.4, -0.2) is 41.8 Å². The fourth-order valence-corrected chi connectivity index (χ4v) is 3.27. The smallest absolute Gasteiger partial charge is 0.0909 e. The molecule has 0 saturated carbocycles. The van der Waals surface area contributed by atoms with Gasteiger partial charge in [-0.05, 0) is 30.5 Å². The Balaban J connectivity index is 1.65. The molecule has 2 aromatic rings. The third-order valence-corrected chi connectivity index (χ3v) is 4.55. The Morgan fingerprint density at radius 1 is 0.957 bits per heavy atom. The van der Waals surface area contributed by atoms with E-state index in [0.29, 0.717) is 6.54 Å². The Bertz CT molecular complexity index is 579. The first kappa shape index (κ1) is 16.2. The lowest BCUT2D eigenvalue weighted by molar-refractivity contribution is 0.0186. The third-order valence-electron chi connectivity index (χ3n) is 4.55. The molecule has 0 bridgehead atoms. The number of hydrogen-bond acceptors (Lipinski definition) is 3. The van der Waals surface area contributed by atoms with Gasteiger partial charge in [-0.1, -0.05) is 60.7 Å². The Morgan fingerprint density at radius 3 is 2.22 bits per heavy atom. The van der Waals surface area contributed by atoms with Gasteiger partial charge in [-0.25, -0.2) is 0 Å². The molecule has 1 fully saturated rings. The molecule has 3 heteroatoms. The summed E-state index contributed by atoms with van der Waals surface area (Å²) in [7, 11) is 0. The Hall–Kier alpha value is -1.68. The molecule has 1 atom stereocenters. The summed E-state index contributed by atoms with van der Waals surface area (Å²) >= 11 is 0. The minimum Gasteiger partial charge on any atom is -0.387 e. The highest BCUT2D eigenvalue weighted by Gasteiger charge is 2.32. The molecular formula is C20H26N2O. The zero-order valence-corrected chi connectivity index (χ0v) is 13.6. The summed E-state index contributed by atoms with van der Waals surface area (Å²) < 4.78 is 0. The van der Waals surface area contributed by atoms with Crippen LogP contribution in [0.2, 0.25) is 0 Å². The topological polar surface area (TPSA) is 35.5 Å². The first-order chi connectivity index (χ1) is 11.2. The largest absolute Gasteiger partial charge is 0.387 e. The van der Waals surface area contributed by atoms with Crippen molar-refractivity contribution in [3.63, 3.8) is 0 Å². The summed E-state index contributed by atoms with van der Waals surface area (Å²) in [5.74, 6) is 0. The van der Waals surface area contributed by atoms with Crippen LogP contribution in [0.4, 0.5) is 0 Å². The number of benzene rings is 2. The fourth-order valence-electron chi connectivity index (χ4n) is 3.27. The van der Waals surface area contributed by atoms with Crippen LogP contribution in [0.25, 0.3) is 0 Å². The van der Waals surface area contributed by atoms with Crippen molar-refractivity contribution in [2.24, 2.45) is 0 Å². The van der Waals surface area contributed by atoms with Crippen LogP contribution in [-0.2, 0) is 13.0 Å². The molecule has 0 radical (unpaired) electrons. The molecule has 1 aliphatic rings. The summed E-state index contributed by atoms with van der Waals surface area (Å²) in [6, 6.07) is 21.1. The lowest BCUT2D eigenvalue weighted by Gasteiger charge is -2.31. The number of nitrogens with zero attached hydrogens (tertiary/aromatic N) is 1. The van der Waals surface area contributed by atoms with E-state index in [0.717, 1.165) is 39.0 Å². The minimum absolute atomic E-state index is 0.592. The molecule has 1 heterocycles. The molecule has 122 valence electrons. The lowest BCUT2D eigenvalue weighted by Crippen LogP contribution is -2.45. The molecule has 2 aromatic carbocycles. The van der Waals surface area contributed by atoms with Gasteiger partial charge >= 0.3 is 0 Å². The van der Waals surface area contributed by atoms with Crippen LogP contribution in [0.1, 0.15) is 17.5 Å². The van der Waals surface area contributed by atoms with Gasteiger partial charge in [-0.2, -0.15) is 0 Å². The van der Waals surface area contributed by atoms with E-state index in [1.54, 1.807) is 0 Å². The first-order valence-electron chi connectivity index (χ1n) is 8.47. The van der Waals surface area contributed by atoms with Gasteiger partial charge in [0.15, 0.2) is 0 Å². The molecule has 0 unspecified atom stereocenters. The van der Waals surface area contributed by atoms with Crippen LogP contribution in [0.5, 0.6) is 0 Å². The average molecular weight is 310 g/mol. The van der Waals surface area contributed by atoms with Crippen molar-refractivity contribution in [2.45, 2.75) is 25.0 Å². The molecular weight excluding hydrogens is 284 g/mol. The molecule has 23 heavy (non-hydrogen) atoms. The number of nitrogens with one attached hydrogen (secondary N) is 1. The van der Waals surface area contributed by atoms with Gasteiger partial charge in [0.1, 0.15) is 0 Å². The Labute approximate surface area is 139 Å². The quantitative estimate of drug-likeness (QED) is 0.824. The summed E-state index contributed by atoms with van der Waals surface area (Å²) in [6.07, 6.45) is 1.85. The predicted molar refractivity (Wildman–Crippen MR) is 94.3 cm³/mol. The van der Waals surface area contributed by atoms with Crippen molar-refractivity contribution in [1.29, 1.82) is 0 Å². The second kappa shape index (κ2) is 7.73. The van der Waals surface area contributed by atoms with Crippen LogP contribution in [0.15, 0.2) is 60.7 Å². The van der Waals surface area contributed by atoms with Gasteiger partial charge in [-0.15, -0.1) is 0 Å². The summed E-state index contributed by atoms with van der Waals surface area (Å²) in [5, 5.41) is 14.0. The fraction of sp³-hybridized carbons (Fsp3) is 0.400. The van der Waals surface area contributed by atoms with E-state index in [1.165, 1.54) is 11.1 Å². The van der Waals surface area contributed by atoms with E-state index in [9.17, 15) is 5.11 Å². The summed E-state index contributed by atoms with van der Waals surface area (Å²) in [5.41, 5.74) is 2.06. The van der Waals surface area contributed by atoms with E-state index in [1.807, 2.05) is 6.07 Å². The maximum absolute atomic E-state index is 10.7. The molecule has 2 N–H and O–H groups in total. The molecule has 3 rings (SSSR count). The minimum atomic E-state index is -0.592. The maximum atomic E-state index is 10.7. The molecule has 0 aliphatic carbocycles. The Kier molecular flexibility index (Phi) is 5.44. The van der Waals surface area contributed by atoms with Gasteiger partial charge in [0.05, 0.1) is 5.60 Å².